The lowest BCUT2D eigenvalue weighted by Crippen LogP contribution is -2.09. The number of hydrogen-bond acceptors (Lipinski definition) is 3. The Kier molecular flexibility index (Phi) is 3.48. The van der Waals surface area contributed by atoms with Gasteiger partial charge in [0.05, 0.1) is 0 Å². The number of carboxylic acid groups (broad SMARTS) is 1. The Hall–Kier alpha value is -2.92. The van der Waals surface area contributed by atoms with Gasteiger partial charge in [0.1, 0.15) is 6.10 Å². The Morgan fingerprint density at radius 1 is 1.00 bits per heavy atom. The number of benzene rings is 2. The minimum absolute atomic E-state index is 0.505. The number of aliphatic hydroxyl groups excluding tert-OH is 1. The molecule has 0 saturated carbocycles. The fourth-order valence-corrected chi connectivity index (χ4v) is 2.59. The number of fused-ring (bicyclic) bond motifs is 3. The van der Waals surface area contributed by atoms with E-state index < -0.39 is 18.0 Å². The van der Waals surface area contributed by atoms with Gasteiger partial charge in [-0.05, 0) is 34.4 Å². The van der Waals surface area contributed by atoms with Crippen LogP contribution < -0.4 is 5.32 Å². The number of carbonyl (C=O) groups excluding carboxylic acids is 1. The molecule has 0 fully saturated rings. The summed E-state index contributed by atoms with van der Waals surface area (Å²) in [6.07, 6.45) is 0.992. The second kappa shape index (κ2) is 5.46. The summed E-state index contributed by atoms with van der Waals surface area (Å²) in [6, 6.07) is 12.8. The van der Waals surface area contributed by atoms with Crippen LogP contribution in [-0.4, -0.2) is 22.1 Å². The minimum atomic E-state index is -1.19. The number of rotatable bonds is 3. The minimum Gasteiger partial charge on any atom is -0.478 e. The standard InChI is InChI=1S/C17H13NO4/c19-15(7-8-16(20)21)18-10-5-6-12-11-3-1-2-4-13(11)17(22)14(12)9-10/h1-9,17,22H,(H,18,19)(H,20,21). The second-order valence-electron chi connectivity index (χ2n) is 4.95. The van der Waals surface area contributed by atoms with Crippen LogP contribution in [-0.2, 0) is 9.59 Å². The Labute approximate surface area is 126 Å². The Bertz CT molecular complexity index is 795. The maximum atomic E-state index is 11.6. The molecule has 110 valence electrons. The molecule has 5 heteroatoms. The number of aliphatic hydroxyl groups is 1. The molecule has 0 heterocycles. The SMILES string of the molecule is O=C(O)C=CC(=O)Nc1ccc2c(c1)C(O)c1ccccc1-2. The topological polar surface area (TPSA) is 86.6 Å². The Balaban J connectivity index is 1.87. The van der Waals surface area contributed by atoms with Gasteiger partial charge in [0, 0.05) is 17.8 Å². The van der Waals surface area contributed by atoms with Crippen molar-refractivity contribution >= 4 is 17.6 Å². The molecule has 1 aliphatic carbocycles. The first kappa shape index (κ1) is 14.0. The van der Waals surface area contributed by atoms with E-state index in [1.807, 2.05) is 30.3 Å². The number of amides is 1. The molecule has 0 bridgehead atoms. The summed E-state index contributed by atoms with van der Waals surface area (Å²) < 4.78 is 0. The molecule has 1 aliphatic rings. The van der Waals surface area contributed by atoms with Crippen LogP contribution in [0.15, 0.2) is 54.6 Å². The van der Waals surface area contributed by atoms with Crippen LogP contribution in [0.2, 0.25) is 0 Å². The summed E-state index contributed by atoms with van der Waals surface area (Å²) in [5.74, 6) is -1.72. The molecule has 0 spiro atoms. The average Bonchev–Trinajstić information content (AvgIpc) is 2.79. The highest BCUT2D eigenvalue weighted by atomic mass is 16.4. The van der Waals surface area contributed by atoms with Crippen LogP contribution in [0.1, 0.15) is 17.2 Å². The van der Waals surface area contributed by atoms with Crippen molar-refractivity contribution in [1.82, 2.24) is 0 Å². The number of nitrogens with one attached hydrogen (secondary N) is 1. The van der Waals surface area contributed by atoms with Crippen molar-refractivity contribution in [2.75, 3.05) is 5.32 Å². The maximum Gasteiger partial charge on any atom is 0.328 e. The Morgan fingerprint density at radius 2 is 1.73 bits per heavy atom. The number of carbonyl (C=O) groups is 2. The van der Waals surface area contributed by atoms with E-state index in [-0.39, 0.29) is 0 Å². The van der Waals surface area contributed by atoms with Crippen LogP contribution in [0, 0.1) is 0 Å². The van der Waals surface area contributed by atoms with E-state index in [0.717, 1.165) is 34.4 Å². The van der Waals surface area contributed by atoms with Gasteiger partial charge >= 0.3 is 5.97 Å². The first-order chi connectivity index (χ1) is 10.6. The van der Waals surface area contributed by atoms with Gasteiger partial charge in [-0.25, -0.2) is 4.79 Å². The molecule has 3 rings (SSSR count). The monoisotopic (exact) mass is 295 g/mol. The molecular formula is C17H13NO4. The molecule has 3 N–H and O–H groups in total. The summed E-state index contributed by atoms with van der Waals surface area (Å²) >= 11 is 0. The lowest BCUT2D eigenvalue weighted by atomic mass is 10.1. The van der Waals surface area contributed by atoms with Crippen molar-refractivity contribution in [2.24, 2.45) is 0 Å². The first-order valence-corrected chi connectivity index (χ1v) is 6.69. The Morgan fingerprint density at radius 3 is 2.50 bits per heavy atom. The van der Waals surface area contributed by atoms with Crippen LogP contribution in [0.25, 0.3) is 11.1 Å². The predicted octanol–water partition coefficient (Wildman–Crippen LogP) is 2.33. The van der Waals surface area contributed by atoms with Crippen LogP contribution in [0.4, 0.5) is 5.69 Å². The predicted molar refractivity (Wildman–Crippen MR) is 81.3 cm³/mol. The molecule has 5 nitrogen and oxygen atoms in total. The summed E-state index contributed by atoms with van der Waals surface area (Å²) in [6.45, 7) is 0. The van der Waals surface area contributed by atoms with E-state index >= 15 is 0 Å². The quantitative estimate of drug-likeness (QED) is 0.758. The van der Waals surface area contributed by atoms with E-state index in [4.69, 9.17) is 5.11 Å². The zero-order chi connectivity index (χ0) is 15.7. The number of carboxylic acids is 1. The van der Waals surface area contributed by atoms with Crippen molar-refractivity contribution in [3.63, 3.8) is 0 Å². The summed E-state index contributed by atoms with van der Waals surface area (Å²) in [7, 11) is 0. The third-order valence-corrected chi connectivity index (χ3v) is 3.54. The zero-order valence-corrected chi connectivity index (χ0v) is 11.5. The van der Waals surface area contributed by atoms with Gasteiger partial charge in [-0.15, -0.1) is 0 Å². The third kappa shape index (κ3) is 2.49. The largest absolute Gasteiger partial charge is 0.478 e. The molecular weight excluding hydrogens is 282 g/mol. The van der Waals surface area contributed by atoms with E-state index in [1.54, 1.807) is 12.1 Å². The van der Waals surface area contributed by atoms with Gasteiger partial charge in [0.15, 0.2) is 0 Å². The molecule has 1 amide bonds. The zero-order valence-electron chi connectivity index (χ0n) is 11.5. The molecule has 22 heavy (non-hydrogen) atoms. The lowest BCUT2D eigenvalue weighted by molar-refractivity contribution is -0.131. The second-order valence-corrected chi connectivity index (χ2v) is 4.95. The van der Waals surface area contributed by atoms with Crippen molar-refractivity contribution in [2.45, 2.75) is 6.10 Å². The van der Waals surface area contributed by atoms with E-state index in [2.05, 4.69) is 5.32 Å². The van der Waals surface area contributed by atoms with Gasteiger partial charge < -0.3 is 15.5 Å². The van der Waals surface area contributed by atoms with Gasteiger partial charge in [-0.2, -0.15) is 0 Å². The van der Waals surface area contributed by atoms with Crippen molar-refractivity contribution in [3.05, 3.63) is 65.7 Å². The summed E-state index contributed by atoms with van der Waals surface area (Å²) in [5.41, 5.74) is 3.98. The highest BCUT2D eigenvalue weighted by molar-refractivity contribution is 6.02. The van der Waals surface area contributed by atoms with Crippen LogP contribution in [0.3, 0.4) is 0 Å². The maximum absolute atomic E-state index is 11.6. The molecule has 1 unspecified atom stereocenters. The fraction of sp³-hybridized carbons (Fsp3) is 0.0588. The van der Waals surface area contributed by atoms with Crippen LogP contribution >= 0.6 is 0 Å². The van der Waals surface area contributed by atoms with Gasteiger partial charge in [-0.1, -0.05) is 30.3 Å². The lowest BCUT2D eigenvalue weighted by Gasteiger charge is -2.08. The highest BCUT2D eigenvalue weighted by Crippen LogP contribution is 2.44. The van der Waals surface area contributed by atoms with Gasteiger partial charge in [-0.3, -0.25) is 4.79 Å². The number of hydrogen-bond donors (Lipinski definition) is 3. The van der Waals surface area contributed by atoms with Crippen LogP contribution in [0.5, 0.6) is 0 Å². The first-order valence-electron chi connectivity index (χ1n) is 6.69. The molecule has 1 atom stereocenters. The van der Waals surface area contributed by atoms with Gasteiger partial charge in [0.25, 0.3) is 0 Å². The smallest absolute Gasteiger partial charge is 0.328 e. The molecule has 2 aromatic rings. The van der Waals surface area contributed by atoms with Crippen molar-refractivity contribution in [1.29, 1.82) is 0 Å². The molecule has 0 radical (unpaired) electrons. The summed E-state index contributed by atoms with van der Waals surface area (Å²) in [4.78, 5) is 22.0. The van der Waals surface area contributed by atoms with Gasteiger partial charge in [0.2, 0.25) is 5.91 Å². The molecule has 0 aliphatic heterocycles. The van der Waals surface area contributed by atoms with E-state index in [1.165, 1.54) is 0 Å². The average molecular weight is 295 g/mol. The highest BCUT2D eigenvalue weighted by Gasteiger charge is 2.26. The molecule has 2 aromatic carbocycles. The third-order valence-electron chi connectivity index (χ3n) is 3.54. The van der Waals surface area contributed by atoms with Crippen molar-refractivity contribution in [3.8, 4) is 11.1 Å². The summed E-state index contributed by atoms with van der Waals surface area (Å²) in [5, 5.41) is 21.4. The number of aliphatic carboxylic acids is 1. The molecule has 0 aromatic heterocycles. The fourth-order valence-electron chi connectivity index (χ4n) is 2.59. The number of anilines is 1. The normalized spacial score (nSPS) is 15.4. The van der Waals surface area contributed by atoms with E-state index in [0.29, 0.717) is 5.69 Å². The van der Waals surface area contributed by atoms with Crippen molar-refractivity contribution < 1.29 is 19.8 Å². The van der Waals surface area contributed by atoms with E-state index in [9.17, 15) is 14.7 Å². The molecule has 0 saturated heterocycles.